The van der Waals surface area contributed by atoms with E-state index in [4.69, 9.17) is 0 Å². The van der Waals surface area contributed by atoms with Crippen molar-refractivity contribution < 1.29 is 4.79 Å². The van der Waals surface area contributed by atoms with Crippen molar-refractivity contribution in [2.75, 3.05) is 5.32 Å². The van der Waals surface area contributed by atoms with Gasteiger partial charge in [0, 0.05) is 16.3 Å². The van der Waals surface area contributed by atoms with Crippen molar-refractivity contribution in [3.8, 4) is 0 Å². The fourth-order valence-electron chi connectivity index (χ4n) is 3.97. The molecule has 0 fully saturated rings. The highest BCUT2D eigenvalue weighted by molar-refractivity contribution is 7.10. The van der Waals surface area contributed by atoms with E-state index in [-0.39, 0.29) is 17.5 Å². The highest BCUT2D eigenvalue weighted by Crippen LogP contribution is 2.51. The van der Waals surface area contributed by atoms with Crippen LogP contribution in [0.4, 0.5) is 5.69 Å². The van der Waals surface area contributed by atoms with Crippen LogP contribution >= 0.6 is 11.3 Å². The van der Waals surface area contributed by atoms with Crippen LogP contribution in [-0.2, 0) is 0 Å². The first-order valence-corrected chi connectivity index (χ1v) is 9.74. The van der Waals surface area contributed by atoms with Gasteiger partial charge in [-0.2, -0.15) is 0 Å². The van der Waals surface area contributed by atoms with Gasteiger partial charge < -0.3 is 10.6 Å². The molecule has 0 bridgehead atoms. The van der Waals surface area contributed by atoms with Gasteiger partial charge in [-0.05, 0) is 56.2 Å². The third-order valence-corrected chi connectivity index (χ3v) is 5.93. The topological polar surface area (TPSA) is 41.1 Å². The monoisotopic (exact) mass is 352 g/mol. The minimum absolute atomic E-state index is 0.0118. The van der Waals surface area contributed by atoms with Crippen molar-refractivity contribution in [3.05, 3.63) is 63.9 Å². The summed E-state index contributed by atoms with van der Waals surface area (Å²) in [5.74, 6) is 0.889. The lowest BCUT2D eigenvalue weighted by Gasteiger charge is -2.37. The molecule has 1 aliphatic heterocycles. The van der Waals surface area contributed by atoms with E-state index in [1.165, 1.54) is 10.4 Å². The first kappa shape index (κ1) is 16.4. The molecule has 130 valence electrons. The zero-order valence-corrected chi connectivity index (χ0v) is 15.7. The smallest absolute Gasteiger partial charge is 0.253 e. The molecule has 2 aliphatic rings. The maximum atomic E-state index is 12.9. The molecule has 3 atom stereocenters. The van der Waals surface area contributed by atoms with E-state index in [2.05, 4.69) is 46.4 Å². The van der Waals surface area contributed by atoms with E-state index < -0.39 is 0 Å². The third kappa shape index (κ3) is 2.99. The number of hydrogen-bond acceptors (Lipinski definition) is 3. The number of allylic oxidation sites excluding steroid dienone is 2. The van der Waals surface area contributed by atoms with E-state index in [0.29, 0.717) is 11.8 Å². The number of benzene rings is 1. The Morgan fingerprint density at radius 3 is 2.80 bits per heavy atom. The second kappa shape index (κ2) is 6.03. The second-order valence-corrected chi connectivity index (χ2v) is 8.94. The Kier molecular flexibility index (Phi) is 3.95. The summed E-state index contributed by atoms with van der Waals surface area (Å²) in [7, 11) is 0. The number of fused-ring (bicyclic) bond motifs is 3. The van der Waals surface area contributed by atoms with Crippen LogP contribution in [0.5, 0.6) is 0 Å². The number of para-hydroxylation sites is 1. The summed E-state index contributed by atoms with van der Waals surface area (Å²) < 4.78 is 0. The first-order valence-electron chi connectivity index (χ1n) is 8.86. The largest absolute Gasteiger partial charge is 0.376 e. The van der Waals surface area contributed by atoms with Crippen molar-refractivity contribution in [1.82, 2.24) is 5.32 Å². The highest BCUT2D eigenvalue weighted by atomic mass is 32.1. The average Bonchev–Trinajstić information content (AvgIpc) is 3.23. The summed E-state index contributed by atoms with van der Waals surface area (Å²) in [6.07, 6.45) is 5.68. The second-order valence-electron chi connectivity index (χ2n) is 7.96. The van der Waals surface area contributed by atoms with E-state index >= 15 is 0 Å². The lowest BCUT2D eigenvalue weighted by atomic mass is 9.78. The molecule has 2 heterocycles. The molecule has 4 rings (SSSR count). The number of rotatable bonds is 2. The maximum absolute atomic E-state index is 12.9. The molecule has 0 radical (unpaired) electrons. The van der Waals surface area contributed by atoms with Gasteiger partial charge in [0.25, 0.3) is 5.91 Å². The molecule has 0 spiro atoms. The first-order chi connectivity index (χ1) is 11.9. The highest BCUT2D eigenvalue weighted by Gasteiger charge is 2.39. The summed E-state index contributed by atoms with van der Waals surface area (Å²) in [6, 6.07) is 10.7. The van der Waals surface area contributed by atoms with Crippen LogP contribution in [0, 0.1) is 5.92 Å². The summed E-state index contributed by atoms with van der Waals surface area (Å²) in [6.45, 7) is 6.04. The zero-order chi connectivity index (χ0) is 17.6. The van der Waals surface area contributed by atoms with Crippen LogP contribution in [0.1, 0.15) is 60.0 Å². The molecular formula is C21H24N2OS. The summed E-state index contributed by atoms with van der Waals surface area (Å²) in [4.78, 5) is 14.2. The number of carbonyl (C=O) groups is 1. The predicted molar refractivity (Wildman–Crippen MR) is 104 cm³/mol. The Balaban J connectivity index is 1.77. The number of carbonyl (C=O) groups excluding carboxylic acids is 1. The van der Waals surface area contributed by atoms with Crippen LogP contribution in [0.15, 0.2) is 47.9 Å². The molecule has 1 aromatic carbocycles. The van der Waals surface area contributed by atoms with Crippen molar-refractivity contribution in [3.63, 3.8) is 0 Å². The van der Waals surface area contributed by atoms with Crippen LogP contribution in [0.2, 0.25) is 0 Å². The molecule has 1 aromatic heterocycles. The number of thiophene rings is 1. The molecule has 2 aromatic rings. The molecular weight excluding hydrogens is 328 g/mol. The number of hydrogen-bond donors (Lipinski definition) is 2. The molecule has 1 amide bonds. The number of anilines is 1. The number of amides is 1. The van der Waals surface area contributed by atoms with Crippen LogP contribution < -0.4 is 10.6 Å². The Labute approximate surface area is 153 Å². The fourth-order valence-corrected chi connectivity index (χ4v) is 4.82. The Bertz CT molecular complexity index is 817. The van der Waals surface area contributed by atoms with E-state index in [9.17, 15) is 4.79 Å². The maximum Gasteiger partial charge on any atom is 0.253 e. The molecule has 0 saturated carbocycles. The zero-order valence-electron chi connectivity index (χ0n) is 14.9. The van der Waals surface area contributed by atoms with Crippen molar-refractivity contribution in [2.24, 2.45) is 5.92 Å². The Morgan fingerprint density at radius 2 is 2.08 bits per heavy atom. The summed E-state index contributed by atoms with van der Waals surface area (Å²) in [5.41, 5.74) is 2.73. The van der Waals surface area contributed by atoms with Gasteiger partial charge in [-0.3, -0.25) is 4.79 Å². The predicted octanol–water partition coefficient (Wildman–Crippen LogP) is 5.10. The average molecular weight is 353 g/mol. The van der Waals surface area contributed by atoms with Crippen LogP contribution in [-0.4, -0.2) is 11.4 Å². The molecule has 25 heavy (non-hydrogen) atoms. The van der Waals surface area contributed by atoms with Crippen molar-refractivity contribution in [2.45, 2.75) is 44.7 Å². The normalized spacial score (nSPS) is 24.4. The lowest BCUT2D eigenvalue weighted by molar-refractivity contribution is 0.0920. The molecule has 3 nitrogen and oxygen atoms in total. The fraction of sp³-hybridized carbons (Fsp3) is 0.381. The van der Waals surface area contributed by atoms with Crippen LogP contribution in [0.3, 0.4) is 0 Å². The third-order valence-electron chi connectivity index (χ3n) is 4.98. The van der Waals surface area contributed by atoms with E-state index in [1.807, 2.05) is 32.9 Å². The van der Waals surface area contributed by atoms with Gasteiger partial charge in [0.05, 0.1) is 17.3 Å². The SMILES string of the molecule is CC(C)(C)NC(=O)c1cccc2c1NC(c1cccs1)C1CC=CC21. The van der Waals surface area contributed by atoms with Crippen LogP contribution in [0.25, 0.3) is 0 Å². The van der Waals surface area contributed by atoms with Gasteiger partial charge in [-0.1, -0.05) is 30.4 Å². The van der Waals surface area contributed by atoms with Gasteiger partial charge >= 0.3 is 0 Å². The lowest BCUT2D eigenvalue weighted by Crippen LogP contribution is -2.41. The molecule has 4 heteroatoms. The van der Waals surface area contributed by atoms with Gasteiger partial charge in [0.1, 0.15) is 0 Å². The minimum Gasteiger partial charge on any atom is -0.376 e. The van der Waals surface area contributed by atoms with Gasteiger partial charge in [-0.25, -0.2) is 0 Å². The summed E-state index contributed by atoms with van der Waals surface area (Å²) in [5, 5.41) is 8.94. The quantitative estimate of drug-likeness (QED) is 0.738. The van der Waals surface area contributed by atoms with Gasteiger partial charge in [-0.15, -0.1) is 11.3 Å². The van der Waals surface area contributed by atoms with Gasteiger partial charge in [0.15, 0.2) is 0 Å². The number of nitrogens with one attached hydrogen (secondary N) is 2. The van der Waals surface area contributed by atoms with E-state index in [1.54, 1.807) is 11.3 Å². The Hall–Kier alpha value is -2.07. The van der Waals surface area contributed by atoms with Gasteiger partial charge in [0.2, 0.25) is 0 Å². The molecule has 3 unspecified atom stereocenters. The Morgan fingerprint density at radius 1 is 1.24 bits per heavy atom. The molecule has 0 saturated heterocycles. The molecule has 2 N–H and O–H groups in total. The molecule has 1 aliphatic carbocycles. The summed E-state index contributed by atoms with van der Waals surface area (Å²) >= 11 is 1.79. The standard InChI is InChI=1S/C21H24N2OS/c1-21(2,3)23-20(24)16-10-5-8-14-13-7-4-9-15(13)19(22-18(14)16)17-11-6-12-25-17/h4-8,10-13,15,19,22H,9H2,1-3H3,(H,23,24). The van der Waals surface area contributed by atoms with Crippen molar-refractivity contribution in [1.29, 1.82) is 0 Å². The van der Waals surface area contributed by atoms with E-state index in [0.717, 1.165) is 17.7 Å². The minimum atomic E-state index is -0.253. The van der Waals surface area contributed by atoms with Crippen molar-refractivity contribution >= 4 is 22.9 Å².